The van der Waals surface area contributed by atoms with E-state index in [1.807, 2.05) is 17.5 Å². The molecule has 3 rings (SSSR count). The Balaban J connectivity index is 2.24. The molecule has 1 aromatic heterocycles. The summed E-state index contributed by atoms with van der Waals surface area (Å²) in [6.07, 6.45) is -0.544. The van der Waals surface area contributed by atoms with Crippen molar-refractivity contribution >= 4 is 22.1 Å². The Morgan fingerprint density at radius 2 is 1.74 bits per heavy atom. The molecule has 0 bridgehead atoms. The smallest absolute Gasteiger partial charge is 0.106 e. The first-order valence-corrected chi connectivity index (χ1v) is 7.32. The Kier molecular flexibility index (Phi) is 3.13. The first kappa shape index (κ1) is 12.4. The molecule has 0 saturated heterocycles. The third-order valence-electron chi connectivity index (χ3n) is 3.65. The van der Waals surface area contributed by atoms with Crippen LogP contribution in [0.4, 0.5) is 0 Å². The van der Waals surface area contributed by atoms with Gasteiger partial charge in [0.05, 0.1) is 0 Å². The maximum atomic E-state index is 10.7. The average Bonchev–Trinajstić information content (AvgIpc) is 2.84. The minimum Gasteiger partial charge on any atom is -0.384 e. The van der Waals surface area contributed by atoms with Gasteiger partial charge in [0, 0.05) is 0 Å². The fraction of sp³-hybridized carbons (Fsp3) is 0.176. The van der Waals surface area contributed by atoms with E-state index in [1.54, 1.807) is 11.3 Å². The third-order valence-corrected chi connectivity index (χ3v) is 4.53. The van der Waals surface area contributed by atoms with Crippen LogP contribution in [-0.4, -0.2) is 5.11 Å². The highest BCUT2D eigenvalue weighted by molar-refractivity contribution is 7.08. The molecule has 0 aliphatic carbocycles. The van der Waals surface area contributed by atoms with Gasteiger partial charge in [-0.05, 0) is 57.6 Å². The van der Waals surface area contributed by atoms with Crippen LogP contribution in [0.1, 0.15) is 28.4 Å². The van der Waals surface area contributed by atoms with E-state index in [4.69, 9.17) is 0 Å². The highest BCUT2D eigenvalue weighted by atomic mass is 32.1. The monoisotopic (exact) mass is 268 g/mol. The SMILES string of the molecule is Cc1cscc1C(O)c1c(C)ccc2ccccc12. The van der Waals surface area contributed by atoms with E-state index in [1.165, 1.54) is 5.39 Å². The van der Waals surface area contributed by atoms with Crippen LogP contribution in [0.2, 0.25) is 0 Å². The van der Waals surface area contributed by atoms with Crippen LogP contribution in [0.15, 0.2) is 47.2 Å². The molecule has 0 fully saturated rings. The first-order valence-electron chi connectivity index (χ1n) is 6.37. The molecule has 1 heterocycles. The zero-order valence-corrected chi connectivity index (χ0v) is 11.9. The van der Waals surface area contributed by atoms with Crippen molar-refractivity contribution in [1.82, 2.24) is 0 Å². The van der Waals surface area contributed by atoms with Gasteiger partial charge in [0.2, 0.25) is 0 Å². The normalized spacial score (nSPS) is 12.8. The molecule has 0 radical (unpaired) electrons. The number of benzene rings is 2. The largest absolute Gasteiger partial charge is 0.384 e. The van der Waals surface area contributed by atoms with Crippen molar-refractivity contribution in [3.05, 3.63) is 69.4 Å². The summed E-state index contributed by atoms with van der Waals surface area (Å²) in [5.74, 6) is 0. The zero-order chi connectivity index (χ0) is 13.4. The summed E-state index contributed by atoms with van der Waals surface area (Å²) in [4.78, 5) is 0. The number of fused-ring (bicyclic) bond motifs is 1. The summed E-state index contributed by atoms with van der Waals surface area (Å²) in [6.45, 7) is 4.11. The van der Waals surface area contributed by atoms with Crippen molar-refractivity contribution in [3.8, 4) is 0 Å². The van der Waals surface area contributed by atoms with Gasteiger partial charge in [-0.2, -0.15) is 11.3 Å². The average molecular weight is 268 g/mol. The lowest BCUT2D eigenvalue weighted by atomic mass is 9.92. The molecule has 0 spiro atoms. The van der Waals surface area contributed by atoms with Crippen LogP contribution in [0, 0.1) is 13.8 Å². The van der Waals surface area contributed by atoms with Gasteiger partial charge in [0.25, 0.3) is 0 Å². The van der Waals surface area contributed by atoms with Gasteiger partial charge in [-0.3, -0.25) is 0 Å². The van der Waals surface area contributed by atoms with Gasteiger partial charge in [-0.25, -0.2) is 0 Å². The number of hydrogen-bond acceptors (Lipinski definition) is 2. The fourth-order valence-electron chi connectivity index (χ4n) is 2.57. The van der Waals surface area contributed by atoms with Gasteiger partial charge >= 0.3 is 0 Å². The summed E-state index contributed by atoms with van der Waals surface area (Å²) in [7, 11) is 0. The fourth-order valence-corrected chi connectivity index (χ4v) is 3.44. The van der Waals surface area contributed by atoms with Crippen LogP contribution < -0.4 is 0 Å². The van der Waals surface area contributed by atoms with E-state index >= 15 is 0 Å². The summed E-state index contributed by atoms with van der Waals surface area (Å²) in [6, 6.07) is 12.4. The molecular formula is C17H16OS. The van der Waals surface area contributed by atoms with Gasteiger partial charge < -0.3 is 5.11 Å². The van der Waals surface area contributed by atoms with E-state index < -0.39 is 6.10 Å². The molecule has 1 nitrogen and oxygen atoms in total. The molecular weight excluding hydrogens is 252 g/mol. The molecule has 1 N–H and O–H groups in total. The number of aliphatic hydroxyl groups is 1. The second-order valence-electron chi connectivity index (χ2n) is 4.93. The Bertz CT molecular complexity index is 727. The standard InChI is InChI=1S/C17H16OS/c1-11-7-8-13-5-3-4-6-14(13)16(11)17(18)15-10-19-9-12(15)2/h3-10,17-18H,1-2H3. The molecule has 96 valence electrons. The quantitative estimate of drug-likeness (QED) is 0.720. The Labute approximate surface area is 117 Å². The van der Waals surface area contributed by atoms with Crippen molar-refractivity contribution < 1.29 is 5.11 Å². The topological polar surface area (TPSA) is 20.2 Å². The minimum absolute atomic E-state index is 0.544. The van der Waals surface area contributed by atoms with Crippen LogP contribution in [0.25, 0.3) is 10.8 Å². The van der Waals surface area contributed by atoms with E-state index in [0.717, 1.165) is 27.6 Å². The molecule has 0 aliphatic rings. The number of hydrogen-bond donors (Lipinski definition) is 1. The summed E-state index contributed by atoms with van der Waals surface area (Å²) in [5.41, 5.74) is 4.34. The van der Waals surface area contributed by atoms with Gasteiger partial charge in [-0.15, -0.1) is 0 Å². The predicted molar refractivity (Wildman–Crippen MR) is 81.8 cm³/mol. The number of aliphatic hydroxyl groups excluding tert-OH is 1. The molecule has 1 atom stereocenters. The minimum atomic E-state index is -0.544. The maximum absolute atomic E-state index is 10.7. The Morgan fingerprint density at radius 1 is 0.947 bits per heavy atom. The van der Waals surface area contributed by atoms with Crippen LogP contribution >= 0.6 is 11.3 Å². The van der Waals surface area contributed by atoms with E-state index in [2.05, 4.69) is 43.5 Å². The molecule has 0 amide bonds. The maximum Gasteiger partial charge on any atom is 0.106 e. The van der Waals surface area contributed by atoms with Crippen LogP contribution in [-0.2, 0) is 0 Å². The third kappa shape index (κ3) is 2.07. The van der Waals surface area contributed by atoms with Crippen molar-refractivity contribution in [1.29, 1.82) is 0 Å². The molecule has 19 heavy (non-hydrogen) atoms. The molecule has 1 unspecified atom stereocenters. The lowest BCUT2D eigenvalue weighted by molar-refractivity contribution is 0.221. The summed E-state index contributed by atoms with van der Waals surface area (Å²) >= 11 is 1.64. The second-order valence-corrected chi connectivity index (χ2v) is 5.67. The molecule has 2 heteroatoms. The predicted octanol–water partition coefficient (Wildman–Crippen LogP) is 4.60. The first-order chi connectivity index (χ1) is 9.18. The number of rotatable bonds is 2. The highest BCUT2D eigenvalue weighted by Crippen LogP contribution is 2.34. The Morgan fingerprint density at radius 3 is 2.47 bits per heavy atom. The van der Waals surface area contributed by atoms with E-state index in [-0.39, 0.29) is 0 Å². The van der Waals surface area contributed by atoms with Crippen molar-refractivity contribution in [2.24, 2.45) is 0 Å². The van der Waals surface area contributed by atoms with Crippen molar-refractivity contribution in [2.45, 2.75) is 20.0 Å². The number of thiophene rings is 1. The molecule has 0 saturated carbocycles. The molecule has 3 aromatic rings. The van der Waals surface area contributed by atoms with Gasteiger partial charge in [0.1, 0.15) is 6.10 Å². The Hall–Kier alpha value is -1.64. The van der Waals surface area contributed by atoms with Gasteiger partial charge in [0.15, 0.2) is 0 Å². The molecule has 0 aliphatic heterocycles. The lowest BCUT2D eigenvalue weighted by Crippen LogP contribution is -2.03. The summed E-state index contributed by atoms with van der Waals surface area (Å²) < 4.78 is 0. The molecule has 2 aromatic carbocycles. The lowest BCUT2D eigenvalue weighted by Gasteiger charge is -2.17. The van der Waals surface area contributed by atoms with E-state index in [9.17, 15) is 5.11 Å². The highest BCUT2D eigenvalue weighted by Gasteiger charge is 2.18. The zero-order valence-electron chi connectivity index (χ0n) is 11.1. The van der Waals surface area contributed by atoms with Crippen LogP contribution in [0.3, 0.4) is 0 Å². The van der Waals surface area contributed by atoms with Crippen molar-refractivity contribution in [2.75, 3.05) is 0 Å². The van der Waals surface area contributed by atoms with Crippen molar-refractivity contribution in [3.63, 3.8) is 0 Å². The van der Waals surface area contributed by atoms with Crippen LogP contribution in [0.5, 0.6) is 0 Å². The number of aryl methyl sites for hydroxylation is 2. The summed E-state index contributed by atoms with van der Waals surface area (Å²) in [5, 5.41) is 17.2. The second kappa shape index (κ2) is 4.80. The van der Waals surface area contributed by atoms with Gasteiger partial charge in [-0.1, -0.05) is 36.4 Å². The van der Waals surface area contributed by atoms with E-state index in [0.29, 0.717) is 0 Å².